The molecule has 0 aromatic rings. The van der Waals surface area contributed by atoms with Crippen LogP contribution in [0.25, 0.3) is 0 Å². The van der Waals surface area contributed by atoms with Crippen LogP contribution >= 0.6 is 0 Å². The van der Waals surface area contributed by atoms with Crippen molar-refractivity contribution in [3.63, 3.8) is 0 Å². The fourth-order valence-corrected chi connectivity index (χ4v) is 6.86. The zero-order valence-electron chi connectivity index (χ0n) is 34.8. The first-order chi connectivity index (χ1) is 25.7. The molecule has 0 saturated carbocycles. The van der Waals surface area contributed by atoms with E-state index < -0.39 is 12.1 Å². The van der Waals surface area contributed by atoms with Crippen LogP contribution in [-0.4, -0.2) is 34.9 Å². The van der Waals surface area contributed by atoms with Crippen molar-refractivity contribution in [1.29, 1.82) is 0 Å². The van der Waals surface area contributed by atoms with Crippen LogP contribution in [0.2, 0.25) is 0 Å². The lowest BCUT2D eigenvalue weighted by atomic mass is 10.0. The second kappa shape index (κ2) is 43.8. The van der Waals surface area contributed by atoms with Gasteiger partial charge >= 0.3 is 0 Å². The van der Waals surface area contributed by atoms with Gasteiger partial charge in [0.25, 0.3) is 0 Å². The SMILES string of the molecule is C/C=C/CC/C=C/CC/C=C/C(O)C(CO)NC(=O)CCCCCCCCCCCCCCCCC/C=C\CCCCCCCCCCCCCC. The lowest BCUT2D eigenvalue weighted by Crippen LogP contribution is -2.45. The Kier molecular flexibility index (Phi) is 42.4. The normalized spacial score (nSPS) is 13.4. The number of unbranched alkanes of at least 4 members (excludes halogenated alkanes) is 29. The smallest absolute Gasteiger partial charge is 0.220 e. The molecule has 2 atom stereocenters. The van der Waals surface area contributed by atoms with Crippen LogP contribution in [0.3, 0.4) is 0 Å². The van der Waals surface area contributed by atoms with Crippen LogP contribution < -0.4 is 5.32 Å². The number of rotatable bonds is 41. The Balaban J connectivity index is 3.43. The number of hydrogen-bond acceptors (Lipinski definition) is 3. The minimum absolute atomic E-state index is 0.0804. The molecule has 0 spiro atoms. The van der Waals surface area contributed by atoms with Gasteiger partial charge in [0.05, 0.1) is 18.8 Å². The van der Waals surface area contributed by atoms with Crippen LogP contribution in [0.1, 0.15) is 232 Å². The second-order valence-corrected chi connectivity index (χ2v) is 15.5. The molecule has 0 aliphatic heterocycles. The average Bonchev–Trinajstić information content (AvgIpc) is 3.15. The summed E-state index contributed by atoms with van der Waals surface area (Å²) < 4.78 is 0. The van der Waals surface area contributed by atoms with E-state index in [0.29, 0.717) is 6.42 Å². The Bertz CT molecular complexity index is 831. The predicted octanol–water partition coefficient (Wildman–Crippen LogP) is 14.4. The lowest BCUT2D eigenvalue weighted by Gasteiger charge is -2.19. The fraction of sp³-hybridized carbons (Fsp3) is 0.812. The minimum atomic E-state index is -0.867. The second-order valence-electron chi connectivity index (χ2n) is 15.5. The largest absolute Gasteiger partial charge is 0.394 e. The first-order valence-electron chi connectivity index (χ1n) is 22.8. The van der Waals surface area contributed by atoms with E-state index in [1.165, 1.54) is 173 Å². The minimum Gasteiger partial charge on any atom is -0.394 e. The Morgan fingerprint density at radius 2 is 0.827 bits per heavy atom. The summed E-state index contributed by atoms with van der Waals surface area (Å²) in [5.41, 5.74) is 0. The van der Waals surface area contributed by atoms with Crippen LogP contribution in [0.4, 0.5) is 0 Å². The van der Waals surface area contributed by atoms with E-state index in [-0.39, 0.29) is 12.5 Å². The molecule has 0 heterocycles. The molecule has 0 aliphatic rings. The average molecular weight is 728 g/mol. The van der Waals surface area contributed by atoms with E-state index in [0.717, 1.165) is 38.5 Å². The molecular weight excluding hydrogens is 639 g/mol. The maximum Gasteiger partial charge on any atom is 0.220 e. The molecular formula is C48H89NO3. The number of aliphatic hydroxyl groups excluding tert-OH is 2. The molecule has 0 saturated heterocycles. The molecule has 0 rings (SSSR count). The van der Waals surface area contributed by atoms with E-state index >= 15 is 0 Å². The predicted molar refractivity (Wildman–Crippen MR) is 230 cm³/mol. The molecule has 4 heteroatoms. The van der Waals surface area contributed by atoms with Crippen molar-refractivity contribution < 1.29 is 15.0 Å². The van der Waals surface area contributed by atoms with E-state index in [2.05, 4.69) is 48.7 Å². The van der Waals surface area contributed by atoms with Gasteiger partial charge in [0, 0.05) is 6.42 Å². The number of nitrogens with one attached hydrogen (secondary N) is 1. The van der Waals surface area contributed by atoms with E-state index in [9.17, 15) is 15.0 Å². The van der Waals surface area contributed by atoms with Crippen molar-refractivity contribution in [1.82, 2.24) is 5.32 Å². The third-order valence-corrected chi connectivity index (χ3v) is 10.4. The summed E-state index contributed by atoms with van der Waals surface area (Å²) in [5, 5.41) is 22.8. The standard InChI is InChI=1S/C48H89NO3/c1-3-5-7-9-11-13-14-15-16-17-18-19-20-21-22-23-24-25-26-27-28-29-30-31-32-33-34-36-38-40-42-44-48(52)49-46(45-50)47(51)43-41-39-37-35-12-10-8-6-4-2/h4,6,12,21-22,35,41,43,46-47,50-51H,3,5,7-11,13-20,23-34,36-40,42,44-45H2,1-2H3,(H,49,52)/b6-4+,22-21-,35-12+,43-41+. The summed E-state index contributed by atoms with van der Waals surface area (Å²) in [7, 11) is 0. The van der Waals surface area contributed by atoms with Gasteiger partial charge in [0.2, 0.25) is 5.91 Å². The first kappa shape index (κ1) is 50.4. The van der Waals surface area contributed by atoms with Gasteiger partial charge in [0.15, 0.2) is 0 Å². The third kappa shape index (κ3) is 39.6. The van der Waals surface area contributed by atoms with Gasteiger partial charge in [-0.05, 0) is 64.7 Å². The fourth-order valence-electron chi connectivity index (χ4n) is 6.86. The molecule has 2 unspecified atom stereocenters. The summed E-state index contributed by atoms with van der Waals surface area (Å²) in [6, 6.07) is -0.642. The van der Waals surface area contributed by atoms with Gasteiger partial charge < -0.3 is 15.5 Å². The summed E-state index contributed by atoms with van der Waals surface area (Å²) in [4.78, 5) is 12.3. The van der Waals surface area contributed by atoms with Crippen molar-refractivity contribution in [2.75, 3.05) is 6.61 Å². The lowest BCUT2D eigenvalue weighted by molar-refractivity contribution is -0.123. The molecule has 0 radical (unpaired) electrons. The molecule has 1 amide bonds. The van der Waals surface area contributed by atoms with Gasteiger partial charge in [0.1, 0.15) is 0 Å². The number of hydrogen-bond donors (Lipinski definition) is 3. The van der Waals surface area contributed by atoms with E-state index in [1.54, 1.807) is 6.08 Å². The zero-order chi connectivity index (χ0) is 37.8. The van der Waals surface area contributed by atoms with Crippen molar-refractivity contribution in [2.45, 2.75) is 244 Å². The number of aliphatic hydroxyl groups is 2. The van der Waals surface area contributed by atoms with Crippen LogP contribution in [-0.2, 0) is 4.79 Å². The summed E-state index contributed by atoms with van der Waals surface area (Å²) in [5.74, 6) is -0.0804. The highest BCUT2D eigenvalue weighted by Gasteiger charge is 2.17. The number of amides is 1. The van der Waals surface area contributed by atoms with Crippen molar-refractivity contribution in [3.8, 4) is 0 Å². The molecule has 4 nitrogen and oxygen atoms in total. The van der Waals surface area contributed by atoms with Gasteiger partial charge in [-0.1, -0.05) is 210 Å². The monoisotopic (exact) mass is 728 g/mol. The van der Waals surface area contributed by atoms with Crippen LogP contribution in [0.15, 0.2) is 48.6 Å². The Morgan fingerprint density at radius 3 is 1.23 bits per heavy atom. The molecule has 0 bridgehead atoms. The van der Waals surface area contributed by atoms with Crippen molar-refractivity contribution >= 4 is 5.91 Å². The maximum absolute atomic E-state index is 12.3. The van der Waals surface area contributed by atoms with Gasteiger partial charge in [-0.15, -0.1) is 0 Å². The Labute approximate surface area is 324 Å². The van der Waals surface area contributed by atoms with E-state index in [4.69, 9.17) is 0 Å². The Morgan fingerprint density at radius 1 is 0.481 bits per heavy atom. The highest BCUT2D eigenvalue weighted by atomic mass is 16.3. The third-order valence-electron chi connectivity index (χ3n) is 10.4. The van der Waals surface area contributed by atoms with Gasteiger partial charge in [-0.2, -0.15) is 0 Å². The summed E-state index contributed by atoms with van der Waals surface area (Å²) in [6.45, 7) is 4.07. The zero-order valence-corrected chi connectivity index (χ0v) is 34.8. The van der Waals surface area contributed by atoms with Gasteiger partial charge in [-0.3, -0.25) is 4.79 Å². The van der Waals surface area contributed by atoms with Gasteiger partial charge in [-0.25, -0.2) is 0 Å². The maximum atomic E-state index is 12.3. The molecule has 0 aromatic heterocycles. The van der Waals surface area contributed by atoms with Crippen molar-refractivity contribution in [2.24, 2.45) is 0 Å². The molecule has 3 N–H and O–H groups in total. The van der Waals surface area contributed by atoms with Crippen molar-refractivity contribution in [3.05, 3.63) is 48.6 Å². The molecule has 0 aliphatic carbocycles. The highest BCUT2D eigenvalue weighted by Crippen LogP contribution is 2.15. The molecule has 52 heavy (non-hydrogen) atoms. The van der Waals surface area contributed by atoms with E-state index in [1.807, 2.05) is 13.0 Å². The van der Waals surface area contributed by atoms with Crippen LogP contribution in [0.5, 0.6) is 0 Å². The number of allylic oxidation sites excluding steroid dienone is 7. The topological polar surface area (TPSA) is 69.6 Å². The van der Waals surface area contributed by atoms with Crippen LogP contribution in [0, 0.1) is 0 Å². The quantitative estimate of drug-likeness (QED) is 0.0434. The Hall–Kier alpha value is -1.65. The molecule has 0 fully saturated rings. The summed E-state index contributed by atoms with van der Waals surface area (Å²) >= 11 is 0. The molecule has 304 valence electrons. The summed E-state index contributed by atoms with van der Waals surface area (Å²) in [6.07, 6.45) is 59.8. The highest BCUT2D eigenvalue weighted by molar-refractivity contribution is 5.76. The molecule has 0 aromatic carbocycles. The first-order valence-corrected chi connectivity index (χ1v) is 22.8. The number of carbonyl (C=O) groups is 1. The number of carbonyl (C=O) groups excluding carboxylic acids is 1.